The number of aromatic nitrogens is 4. The Balaban J connectivity index is 1.16. The lowest BCUT2D eigenvalue weighted by molar-refractivity contribution is -0.137. The molecule has 3 aromatic rings. The van der Waals surface area contributed by atoms with Crippen LogP contribution in [0.3, 0.4) is 0 Å². The van der Waals surface area contributed by atoms with E-state index in [1.807, 2.05) is 41.3 Å². The van der Waals surface area contributed by atoms with Crippen molar-refractivity contribution in [2.75, 3.05) is 44.7 Å². The Kier molecular flexibility index (Phi) is 6.65. The van der Waals surface area contributed by atoms with Crippen molar-refractivity contribution >= 4 is 29.1 Å². The number of hydrogen-bond acceptors (Lipinski definition) is 7. The van der Waals surface area contributed by atoms with E-state index >= 15 is 0 Å². The molecular formula is C24H26ClN7O3. The summed E-state index contributed by atoms with van der Waals surface area (Å²) in [7, 11) is 1.60. The van der Waals surface area contributed by atoms with Crippen molar-refractivity contribution in [3.8, 4) is 11.4 Å². The second-order valence-corrected chi connectivity index (χ2v) is 9.12. The number of benzene rings is 2. The second-order valence-electron chi connectivity index (χ2n) is 8.69. The molecule has 1 unspecified atom stereocenters. The van der Waals surface area contributed by atoms with Gasteiger partial charge in [-0.25, -0.2) is 0 Å². The number of nitrogens with zero attached hydrogens (tertiary/aromatic N) is 7. The van der Waals surface area contributed by atoms with Crippen LogP contribution < -0.4 is 9.64 Å². The Labute approximate surface area is 208 Å². The maximum absolute atomic E-state index is 13.2. The van der Waals surface area contributed by atoms with Crippen LogP contribution in [0.5, 0.6) is 5.75 Å². The minimum atomic E-state index is -0.326. The maximum Gasteiger partial charge on any atom is 0.228 e. The molecule has 2 fully saturated rings. The molecule has 5 rings (SSSR count). The van der Waals surface area contributed by atoms with Gasteiger partial charge in [-0.05, 0) is 59.0 Å². The molecule has 2 saturated heterocycles. The van der Waals surface area contributed by atoms with E-state index in [9.17, 15) is 9.59 Å². The number of methoxy groups -OCH3 is 1. The predicted octanol–water partition coefficient (Wildman–Crippen LogP) is 2.02. The molecule has 2 amide bonds. The fraction of sp³-hybridized carbons (Fsp3) is 0.375. The molecule has 0 spiro atoms. The van der Waals surface area contributed by atoms with Crippen molar-refractivity contribution in [2.24, 2.45) is 5.92 Å². The van der Waals surface area contributed by atoms with Crippen molar-refractivity contribution in [2.45, 2.75) is 13.0 Å². The summed E-state index contributed by atoms with van der Waals surface area (Å²) in [5, 5.41) is 12.8. The molecule has 1 atom stereocenters. The topological polar surface area (TPSA) is 96.7 Å². The SMILES string of the molecule is COc1ccc(N2CC(C(=O)N3CCN(Cc4nnnn4-c4ccc(Cl)cc4)CC3)CC2=O)cc1. The molecule has 35 heavy (non-hydrogen) atoms. The van der Waals surface area contributed by atoms with E-state index in [0.29, 0.717) is 44.3 Å². The summed E-state index contributed by atoms with van der Waals surface area (Å²) in [6.45, 7) is 3.61. The molecule has 2 aliphatic heterocycles. The predicted molar refractivity (Wildman–Crippen MR) is 129 cm³/mol. The van der Waals surface area contributed by atoms with E-state index in [1.165, 1.54) is 0 Å². The summed E-state index contributed by atoms with van der Waals surface area (Å²) in [6, 6.07) is 14.7. The van der Waals surface area contributed by atoms with Gasteiger partial charge in [-0.3, -0.25) is 14.5 Å². The van der Waals surface area contributed by atoms with Crippen LogP contribution in [0.15, 0.2) is 48.5 Å². The first-order valence-corrected chi connectivity index (χ1v) is 11.9. The van der Waals surface area contributed by atoms with Crippen LogP contribution in [0.4, 0.5) is 5.69 Å². The van der Waals surface area contributed by atoms with Crippen LogP contribution in [0, 0.1) is 5.92 Å². The van der Waals surface area contributed by atoms with Gasteiger partial charge in [-0.2, -0.15) is 4.68 Å². The van der Waals surface area contributed by atoms with Gasteiger partial charge in [-0.1, -0.05) is 11.6 Å². The first-order valence-electron chi connectivity index (χ1n) is 11.5. The van der Waals surface area contributed by atoms with Gasteiger partial charge in [0.15, 0.2) is 5.82 Å². The van der Waals surface area contributed by atoms with Crippen molar-refractivity contribution < 1.29 is 14.3 Å². The van der Waals surface area contributed by atoms with Gasteiger partial charge < -0.3 is 14.5 Å². The number of tetrazole rings is 1. The van der Waals surface area contributed by atoms with Crippen molar-refractivity contribution in [1.82, 2.24) is 30.0 Å². The Morgan fingerprint density at radius 3 is 2.40 bits per heavy atom. The zero-order valence-corrected chi connectivity index (χ0v) is 20.1. The number of carbonyl (C=O) groups excluding carboxylic acids is 2. The molecule has 0 aliphatic carbocycles. The lowest BCUT2D eigenvalue weighted by Gasteiger charge is -2.35. The molecule has 0 N–H and O–H groups in total. The molecule has 2 aromatic carbocycles. The van der Waals surface area contributed by atoms with Crippen LogP contribution in [-0.4, -0.2) is 81.7 Å². The molecule has 1 aromatic heterocycles. The van der Waals surface area contributed by atoms with Crippen LogP contribution >= 0.6 is 11.6 Å². The number of amides is 2. The third-order valence-electron chi connectivity index (χ3n) is 6.51. The van der Waals surface area contributed by atoms with E-state index in [-0.39, 0.29) is 24.2 Å². The molecule has 11 heteroatoms. The summed E-state index contributed by atoms with van der Waals surface area (Å²) in [5.41, 5.74) is 1.63. The first kappa shape index (κ1) is 23.3. The van der Waals surface area contributed by atoms with E-state index in [2.05, 4.69) is 20.4 Å². The van der Waals surface area contributed by atoms with Gasteiger partial charge in [0.1, 0.15) is 5.75 Å². The first-order chi connectivity index (χ1) is 17.0. The third-order valence-corrected chi connectivity index (χ3v) is 6.76. The maximum atomic E-state index is 13.2. The van der Waals surface area contributed by atoms with Crippen molar-refractivity contribution in [3.05, 3.63) is 59.4 Å². The number of hydrogen-bond donors (Lipinski definition) is 0. The zero-order chi connectivity index (χ0) is 24.4. The highest BCUT2D eigenvalue weighted by Crippen LogP contribution is 2.28. The standard InChI is InChI=1S/C24H26ClN7O3/c1-35-21-8-6-19(7-9-21)31-15-17(14-23(31)33)24(34)30-12-10-29(11-13-30)16-22-26-27-28-32(22)20-4-2-18(25)3-5-20/h2-9,17H,10-16H2,1H3. The van der Waals surface area contributed by atoms with Crippen LogP contribution in [0.2, 0.25) is 5.02 Å². The lowest BCUT2D eigenvalue weighted by Crippen LogP contribution is -2.50. The Hall–Kier alpha value is -3.50. The molecule has 182 valence electrons. The Bertz CT molecular complexity index is 1190. The van der Waals surface area contributed by atoms with Gasteiger partial charge >= 0.3 is 0 Å². The van der Waals surface area contributed by atoms with Gasteiger partial charge in [-0.15, -0.1) is 5.10 Å². The second kappa shape index (κ2) is 10.0. The average Bonchev–Trinajstić information content (AvgIpc) is 3.51. The number of ether oxygens (including phenoxy) is 1. The van der Waals surface area contributed by atoms with Gasteiger partial charge in [0.2, 0.25) is 11.8 Å². The number of piperazine rings is 1. The normalized spacial score (nSPS) is 18.8. The number of rotatable bonds is 6. The summed E-state index contributed by atoms with van der Waals surface area (Å²) in [6.07, 6.45) is 0.237. The average molecular weight is 496 g/mol. The van der Waals surface area contributed by atoms with Crippen LogP contribution in [0.1, 0.15) is 12.2 Å². The molecular weight excluding hydrogens is 470 g/mol. The van der Waals surface area contributed by atoms with Gasteiger partial charge in [0.05, 0.1) is 25.3 Å². The highest BCUT2D eigenvalue weighted by molar-refractivity contribution is 6.30. The van der Waals surface area contributed by atoms with Gasteiger partial charge in [0.25, 0.3) is 0 Å². The third kappa shape index (κ3) is 4.98. The van der Waals surface area contributed by atoms with Crippen molar-refractivity contribution in [1.29, 1.82) is 0 Å². The smallest absolute Gasteiger partial charge is 0.228 e. The molecule has 10 nitrogen and oxygen atoms in total. The van der Waals surface area contributed by atoms with E-state index < -0.39 is 0 Å². The number of carbonyl (C=O) groups is 2. The van der Waals surface area contributed by atoms with E-state index in [0.717, 1.165) is 22.9 Å². The monoisotopic (exact) mass is 495 g/mol. The van der Waals surface area contributed by atoms with Gasteiger partial charge in [0, 0.05) is 49.9 Å². The molecule has 0 bridgehead atoms. The van der Waals surface area contributed by atoms with E-state index in [4.69, 9.17) is 16.3 Å². The quantitative estimate of drug-likeness (QED) is 0.516. The largest absolute Gasteiger partial charge is 0.497 e. The highest BCUT2D eigenvalue weighted by atomic mass is 35.5. The number of anilines is 1. The molecule has 2 aliphatic rings. The highest BCUT2D eigenvalue weighted by Gasteiger charge is 2.38. The summed E-state index contributed by atoms with van der Waals surface area (Å²) < 4.78 is 6.89. The Morgan fingerprint density at radius 2 is 1.71 bits per heavy atom. The Morgan fingerprint density at radius 1 is 1.03 bits per heavy atom. The lowest BCUT2D eigenvalue weighted by atomic mass is 10.1. The molecule has 0 radical (unpaired) electrons. The minimum absolute atomic E-state index is 0.0267. The van der Waals surface area contributed by atoms with Crippen molar-refractivity contribution in [3.63, 3.8) is 0 Å². The van der Waals surface area contributed by atoms with Crippen LogP contribution in [0.25, 0.3) is 5.69 Å². The molecule has 0 saturated carbocycles. The summed E-state index contributed by atoms with van der Waals surface area (Å²) in [4.78, 5) is 31.6. The van der Waals surface area contributed by atoms with Crippen LogP contribution in [-0.2, 0) is 16.1 Å². The summed E-state index contributed by atoms with van der Waals surface area (Å²) >= 11 is 5.99. The molecule has 3 heterocycles. The summed E-state index contributed by atoms with van der Waals surface area (Å²) in [5.74, 6) is 1.14. The van der Waals surface area contributed by atoms with E-state index in [1.54, 1.807) is 28.8 Å². The fourth-order valence-corrected chi connectivity index (χ4v) is 4.68. The zero-order valence-electron chi connectivity index (χ0n) is 19.4. The minimum Gasteiger partial charge on any atom is -0.497 e. The fourth-order valence-electron chi connectivity index (χ4n) is 4.56. The number of halogens is 1.